The van der Waals surface area contributed by atoms with Crippen molar-refractivity contribution in [3.63, 3.8) is 0 Å². The molecule has 7 nitrogen and oxygen atoms in total. The number of rotatable bonds is 12. The first-order valence-electron chi connectivity index (χ1n) is 15.1. The summed E-state index contributed by atoms with van der Waals surface area (Å²) in [5, 5.41) is 3.58. The number of hydrogen-bond donors (Lipinski definition) is 1. The number of hydrogen-bond acceptors (Lipinski definition) is 4. The van der Waals surface area contributed by atoms with E-state index in [1.807, 2.05) is 51.1 Å². The fourth-order valence-corrected chi connectivity index (χ4v) is 7.12. The Bertz CT molecular complexity index is 1490. The van der Waals surface area contributed by atoms with E-state index in [1.165, 1.54) is 18.6 Å². The van der Waals surface area contributed by atoms with E-state index in [0.29, 0.717) is 17.9 Å². The zero-order chi connectivity index (χ0) is 31.0. The zero-order valence-electron chi connectivity index (χ0n) is 25.3. The van der Waals surface area contributed by atoms with Crippen molar-refractivity contribution in [1.82, 2.24) is 10.2 Å². The van der Waals surface area contributed by atoms with Crippen LogP contribution >= 0.6 is 11.6 Å². The van der Waals surface area contributed by atoms with Crippen LogP contribution in [0.5, 0.6) is 0 Å². The second kappa shape index (κ2) is 14.9. The second-order valence-electron chi connectivity index (χ2n) is 11.3. The Morgan fingerprint density at radius 2 is 1.63 bits per heavy atom. The lowest BCUT2D eigenvalue weighted by molar-refractivity contribution is -0.140. The second-order valence-corrected chi connectivity index (χ2v) is 13.6. The largest absolute Gasteiger partial charge is 0.352 e. The normalized spacial score (nSPS) is 14.6. The van der Waals surface area contributed by atoms with Gasteiger partial charge in [-0.1, -0.05) is 91.9 Å². The standard InChI is InChI=1S/C34H42ClN3O4S/c1-4-32(34(40)36-28-13-9-6-10-14-28)37(22-21-27-11-7-5-8-12-27)33(39)24-38(29-18-17-26(3)31(35)23-29)43(41,42)30-19-15-25(2)16-20-30/h5,7-8,11-12,15-20,23,28,32H,4,6,9-10,13-14,21-22,24H2,1-3H3,(H,36,40)/t32-/m0/s1. The van der Waals surface area contributed by atoms with Crippen LogP contribution in [0.3, 0.4) is 0 Å². The summed E-state index contributed by atoms with van der Waals surface area (Å²) in [6.07, 6.45) is 6.10. The maximum Gasteiger partial charge on any atom is 0.264 e. The molecule has 1 fully saturated rings. The van der Waals surface area contributed by atoms with Gasteiger partial charge >= 0.3 is 0 Å². The van der Waals surface area contributed by atoms with E-state index in [1.54, 1.807) is 35.2 Å². The van der Waals surface area contributed by atoms with E-state index in [4.69, 9.17) is 11.6 Å². The molecule has 0 unspecified atom stereocenters. The molecule has 0 aliphatic heterocycles. The van der Waals surface area contributed by atoms with Gasteiger partial charge in [0.15, 0.2) is 0 Å². The number of amides is 2. The minimum absolute atomic E-state index is 0.0699. The van der Waals surface area contributed by atoms with Crippen LogP contribution in [0.2, 0.25) is 5.02 Å². The first-order valence-corrected chi connectivity index (χ1v) is 16.9. The third-order valence-corrected chi connectivity index (χ3v) is 10.3. The molecule has 0 spiro atoms. The number of carbonyl (C=O) groups is 2. The summed E-state index contributed by atoms with van der Waals surface area (Å²) >= 11 is 6.43. The Morgan fingerprint density at radius 1 is 0.953 bits per heavy atom. The van der Waals surface area contributed by atoms with Gasteiger partial charge in [-0.2, -0.15) is 0 Å². The molecular weight excluding hydrogens is 582 g/mol. The molecule has 0 saturated heterocycles. The summed E-state index contributed by atoms with van der Waals surface area (Å²) in [5.74, 6) is -0.643. The number of benzene rings is 3. The molecule has 0 aromatic heterocycles. The van der Waals surface area contributed by atoms with E-state index >= 15 is 0 Å². The molecule has 1 aliphatic carbocycles. The topological polar surface area (TPSA) is 86.8 Å². The zero-order valence-corrected chi connectivity index (χ0v) is 26.8. The Labute approximate surface area is 261 Å². The molecule has 1 atom stereocenters. The minimum Gasteiger partial charge on any atom is -0.352 e. The number of nitrogens with zero attached hydrogens (tertiary/aromatic N) is 2. The molecule has 1 aliphatic rings. The fraction of sp³-hybridized carbons (Fsp3) is 0.412. The Kier molecular flexibility index (Phi) is 11.3. The van der Waals surface area contributed by atoms with Gasteiger partial charge in [-0.3, -0.25) is 13.9 Å². The van der Waals surface area contributed by atoms with Gasteiger partial charge in [0.2, 0.25) is 11.8 Å². The number of anilines is 1. The van der Waals surface area contributed by atoms with Gasteiger partial charge in [-0.25, -0.2) is 8.42 Å². The van der Waals surface area contributed by atoms with Crippen molar-refractivity contribution in [3.05, 3.63) is 94.5 Å². The molecule has 0 radical (unpaired) electrons. The third kappa shape index (κ3) is 8.39. The summed E-state index contributed by atoms with van der Waals surface area (Å²) in [7, 11) is -4.14. The highest BCUT2D eigenvalue weighted by molar-refractivity contribution is 7.92. The molecule has 230 valence electrons. The van der Waals surface area contributed by atoms with Crippen molar-refractivity contribution in [1.29, 1.82) is 0 Å². The molecule has 43 heavy (non-hydrogen) atoms. The smallest absolute Gasteiger partial charge is 0.264 e. The summed E-state index contributed by atoms with van der Waals surface area (Å²) < 4.78 is 29.2. The third-order valence-electron chi connectivity index (χ3n) is 8.15. The Balaban J connectivity index is 1.68. The van der Waals surface area contributed by atoms with Gasteiger partial charge in [-0.15, -0.1) is 0 Å². The summed E-state index contributed by atoms with van der Waals surface area (Å²) in [6.45, 7) is 5.39. The predicted molar refractivity (Wildman–Crippen MR) is 173 cm³/mol. The molecule has 3 aromatic rings. The van der Waals surface area contributed by atoms with Gasteiger partial charge < -0.3 is 10.2 Å². The average Bonchev–Trinajstić information content (AvgIpc) is 3.00. The van der Waals surface area contributed by atoms with Gasteiger partial charge in [-0.05, 0) is 74.9 Å². The summed E-state index contributed by atoms with van der Waals surface area (Å²) in [6, 6.07) is 20.6. The number of sulfonamides is 1. The predicted octanol–water partition coefficient (Wildman–Crippen LogP) is 6.45. The van der Waals surface area contributed by atoms with Crippen LogP contribution < -0.4 is 9.62 Å². The van der Waals surface area contributed by atoms with Crippen molar-refractivity contribution in [2.75, 3.05) is 17.4 Å². The molecule has 1 saturated carbocycles. The molecule has 1 N–H and O–H groups in total. The van der Waals surface area contributed by atoms with E-state index < -0.39 is 28.5 Å². The van der Waals surface area contributed by atoms with Crippen molar-refractivity contribution in [2.24, 2.45) is 0 Å². The van der Waals surface area contributed by atoms with Gasteiger partial charge in [0.25, 0.3) is 10.0 Å². The number of carbonyl (C=O) groups excluding carboxylic acids is 2. The molecular formula is C34H42ClN3O4S. The maximum absolute atomic E-state index is 14.2. The van der Waals surface area contributed by atoms with E-state index in [0.717, 1.165) is 46.7 Å². The van der Waals surface area contributed by atoms with Crippen LogP contribution in [0.15, 0.2) is 77.7 Å². The fourth-order valence-electron chi connectivity index (χ4n) is 5.54. The highest BCUT2D eigenvalue weighted by Crippen LogP contribution is 2.29. The van der Waals surface area contributed by atoms with E-state index in [-0.39, 0.29) is 29.1 Å². The first-order chi connectivity index (χ1) is 20.6. The van der Waals surface area contributed by atoms with Crippen LogP contribution in [0.4, 0.5) is 5.69 Å². The highest BCUT2D eigenvalue weighted by Gasteiger charge is 2.34. The maximum atomic E-state index is 14.2. The van der Waals surface area contributed by atoms with Crippen LogP contribution in [-0.4, -0.2) is 50.3 Å². The summed E-state index contributed by atoms with van der Waals surface area (Å²) in [5.41, 5.74) is 3.02. The molecule has 2 amide bonds. The van der Waals surface area contributed by atoms with Crippen molar-refractivity contribution in [3.8, 4) is 0 Å². The van der Waals surface area contributed by atoms with Crippen LogP contribution in [0, 0.1) is 13.8 Å². The lowest BCUT2D eigenvalue weighted by atomic mass is 9.95. The first kappa shape index (κ1) is 32.6. The minimum atomic E-state index is -4.14. The SMILES string of the molecule is CC[C@@H](C(=O)NC1CCCCC1)N(CCc1ccccc1)C(=O)CN(c1ccc(C)c(Cl)c1)S(=O)(=O)c1ccc(C)cc1. The lowest BCUT2D eigenvalue weighted by Gasteiger charge is -2.34. The molecule has 0 heterocycles. The van der Waals surface area contributed by atoms with Gasteiger partial charge in [0.1, 0.15) is 12.6 Å². The lowest BCUT2D eigenvalue weighted by Crippen LogP contribution is -2.54. The van der Waals surface area contributed by atoms with Crippen molar-refractivity contribution in [2.45, 2.75) is 82.7 Å². The van der Waals surface area contributed by atoms with E-state index in [2.05, 4.69) is 5.32 Å². The number of halogens is 1. The number of nitrogens with one attached hydrogen (secondary N) is 1. The van der Waals surface area contributed by atoms with Crippen molar-refractivity contribution < 1.29 is 18.0 Å². The monoisotopic (exact) mass is 623 g/mol. The van der Waals surface area contributed by atoms with Crippen molar-refractivity contribution >= 4 is 39.1 Å². The molecule has 4 rings (SSSR count). The van der Waals surface area contributed by atoms with Gasteiger partial charge in [0.05, 0.1) is 10.6 Å². The number of aryl methyl sites for hydroxylation is 2. The summed E-state index contributed by atoms with van der Waals surface area (Å²) in [4.78, 5) is 29.5. The molecule has 3 aromatic carbocycles. The molecule has 9 heteroatoms. The average molecular weight is 624 g/mol. The highest BCUT2D eigenvalue weighted by atomic mass is 35.5. The van der Waals surface area contributed by atoms with Crippen LogP contribution in [0.1, 0.15) is 62.1 Å². The van der Waals surface area contributed by atoms with Gasteiger partial charge in [0, 0.05) is 17.6 Å². The van der Waals surface area contributed by atoms with Crippen LogP contribution in [-0.2, 0) is 26.0 Å². The Morgan fingerprint density at radius 3 is 2.26 bits per heavy atom. The molecule has 0 bridgehead atoms. The quantitative estimate of drug-likeness (QED) is 0.251. The van der Waals surface area contributed by atoms with E-state index in [9.17, 15) is 18.0 Å². The Hall–Kier alpha value is -3.36. The van der Waals surface area contributed by atoms with Crippen LogP contribution in [0.25, 0.3) is 0 Å².